The highest BCUT2D eigenvalue weighted by atomic mass is 19.4. The second-order valence-electron chi connectivity index (χ2n) is 8.12. The van der Waals surface area contributed by atoms with Crippen LogP contribution in [0.5, 0.6) is 5.75 Å². The third-order valence-corrected chi connectivity index (χ3v) is 5.58. The summed E-state index contributed by atoms with van der Waals surface area (Å²) in [5.41, 5.74) is 2.88. The van der Waals surface area contributed by atoms with Gasteiger partial charge < -0.3 is 20.1 Å². The van der Waals surface area contributed by atoms with E-state index < -0.39 is 30.4 Å². The normalized spacial score (nSPS) is 13.5. The molecule has 1 heterocycles. The van der Waals surface area contributed by atoms with E-state index in [1.807, 2.05) is 13.1 Å². The number of aromatic amines is 1. The number of carbonyl (C=O) groups excluding carboxylic acids is 1. The van der Waals surface area contributed by atoms with Crippen LogP contribution in [0.15, 0.2) is 42.6 Å². The van der Waals surface area contributed by atoms with Crippen LogP contribution in [-0.4, -0.2) is 41.8 Å². The Morgan fingerprint density at radius 1 is 1.09 bits per heavy atom. The number of aromatic nitrogens is 1. The van der Waals surface area contributed by atoms with Crippen molar-refractivity contribution in [1.82, 2.24) is 10.3 Å². The van der Waals surface area contributed by atoms with E-state index in [9.17, 15) is 27.9 Å². The van der Waals surface area contributed by atoms with Crippen LogP contribution in [0.1, 0.15) is 58.0 Å². The fraction of sp³-hybridized carbons (Fsp3) is 0.333. The van der Waals surface area contributed by atoms with E-state index in [4.69, 9.17) is 4.74 Å². The number of carboxylic acids is 1. The van der Waals surface area contributed by atoms with E-state index in [0.717, 1.165) is 22.0 Å². The number of benzene rings is 2. The lowest BCUT2D eigenvalue weighted by atomic mass is 9.91. The van der Waals surface area contributed by atoms with Crippen LogP contribution in [0.4, 0.5) is 13.2 Å². The Hall–Kier alpha value is -3.49. The maximum Gasteiger partial charge on any atom is 0.389 e. The van der Waals surface area contributed by atoms with Gasteiger partial charge in [0.1, 0.15) is 5.75 Å². The fourth-order valence-electron chi connectivity index (χ4n) is 3.85. The van der Waals surface area contributed by atoms with Gasteiger partial charge in [-0.15, -0.1) is 0 Å². The molecule has 2 aromatic carbocycles. The molecule has 33 heavy (non-hydrogen) atoms. The maximum atomic E-state index is 12.6. The summed E-state index contributed by atoms with van der Waals surface area (Å²) >= 11 is 0. The zero-order valence-electron chi connectivity index (χ0n) is 18.4. The molecular formula is C24H25F3N2O4. The summed E-state index contributed by atoms with van der Waals surface area (Å²) in [4.78, 5) is 27.0. The molecule has 1 unspecified atom stereocenters. The molecule has 0 radical (unpaired) electrons. The lowest BCUT2D eigenvalue weighted by molar-refractivity contribution is -0.142. The van der Waals surface area contributed by atoms with Crippen molar-refractivity contribution in [1.29, 1.82) is 0 Å². The predicted octanol–water partition coefficient (Wildman–Crippen LogP) is 5.34. The van der Waals surface area contributed by atoms with Gasteiger partial charge in [0.05, 0.1) is 12.7 Å². The van der Waals surface area contributed by atoms with Gasteiger partial charge in [-0.1, -0.05) is 19.9 Å². The molecule has 3 rings (SSSR count). The van der Waals surface area contributed by atoms with E-state index in [1.165, 1.54) is 26.2 Å². The maximum absolute atomic E-state index is 12.6. The number of rotatable bonds is 8. The van der Waals surface area contributed by atoms with E-state index in [1.54, 1.807) is 24.3 Å². The van der Waals surface area contributed by atoms with Crippen molar-refractivity contribution in [3.63, 3.8) is 0 Å². The average molecular weight is 462 g/mol. The molecule has 0 fully saturated rings. The van der Waals surface area contributed by atoms with E-state index >= 15 is 0 Å². The van der Waals surface area contributed by atoms with E-state index in [2.05, 4.69) is 10.3 Å². The number of aromatic carboxylic acids is 1. The number of ether oxygens (including phenoxy) is 1. The van der Waals surface area contributed by atoms with Crippen molar-refractivity contribution in [3.05, 3.63) is 64.8 Å². The van der Waals surface area contributed by atoms with E-state index in [0.29, 0.717) is 11.3 Å². The molecule has 0 spiro atoms. The average Bonchev–Trinajstić information content (AvgIpc) is 3.18. The van der Waals surface area contributed by atoms with Crippen LogP contribution < -0.4 is 10.1 Å². The molecule has 0 bridgehead atoms. The molecular weight excluding hydrogens is 437 g/mol. The largest absolute Gasteiger partial charge is 0.496 e. The molecule has 2 atom stereocenters. The zero-order chi connectivity index (χ0) is 24.3. The van der Waals surface area contributed by atoms with Crippen molar-refractivity contribution in [3.8, 4) is 5.75 Å². The standard InChI is InChI=1S/C24H25F3N2O4/c1-13(10-24(25,26)27)11-29-22(30)15-5-7-20-18(8-15)19(12-28-20)14(2)17-6-4-16(23(31)32)9-21(17)33-3/h4-9,12-14,28H,10-11H2,1-3H3,(H,29,30)(H,31,32)/t13-,14?/m1/s1. The Labute approximate surface area is 188 Å². The second kappa shape index (κ2) is 9.56. The van der Waals surface area contributed by atoms with Gasteiger partial charge in [-0.05, 0) is 41.8 Å². The highest BCUT2D eigenvalue weighted by Crippen LogP contribution is 2.36. The van der Waals surface area contributed by atoms with Crippen molar-refractivity contribution >= 4 is 22.8 Å². The first kappa shape index (κ1) is 24.2. The molecule has 0 saturated carbocycles. The van der Waals surface area contributed by atoms with Crippen LogP contribution in [0.2, 0.25) is 0 Å². The third kappa shape index (κ3) is 5.66. The number of alkyl halides is 3. The minimum Gasteiger partial charge on any atom is -0.496 e. The van der Waals surface area contributed by atoms with Gasteiger partial charge in [0.25, 0.3) is 5.91 Å². The topological polar surface area (TPSA) is 91.4 Å². The summed E-state index contributed by atoms with van der Waals surface area (Å²) in [6.45, 7) is 3.29. The monoisotopic (exact) mass is 462 g/mol. The van der Waals surface area contributed by atoms with Gasteiger partial charge in [0, 0.05) is 47.1 Å². The highest BCUT2D eigenvalue weighted by molar-refractivity contribution is 5.99. The van der Waals surface area contributed by atoms with Crippen molar-refractivity contribution in [2.75, 3.05) is 13.7 Å². The lowest BCUT2D eigenvalue weighted by Gasteiger charge is -2.16. The second-order valence-corrected chi connectivity index (χ2v) is 8.12. The molecule has 0 saturated heterocycles. The van der Waals surface area contributed by atoms with Gasteiger partial charge in [0.15, 0.2) is 0 Å². The van der Waals surface area contributed by atoms with Gasteiger partial charge in [0.2, 0.25) is 0 Å². The molecule has 0 aliphatic rings. The van der Waals surface area contributed by atoms with Gasteiger partial charge in [-0.25, -0.2) is 4.79 Å². The van der Waals surface area contributed by atoms with Crippen molar-refractivity contribution in [2.24, 2.45) is 5.92 Å². The fourth-order valence-corrected chi connectivity index (χ4v) is 3.85. The Bertz CT molecular complexity index is 1170. The third-order valence-electron chi connectivity index (χ3n) is 5.58. The molecule has 1 aromatic heterocycles. The number of carbonyl (C=O) groups is 2. The number of fused-ring (bicyclic) bond motifs is 1. The minimum atomic E-state index is -4.27. The smallest absolute Gasteiger partial charge is 0.389 e. The van der Waals surface area contributed by atoms with Gasteiger partial charge in [-0.2, -0.15) is 13.2 Å². The molecule has 6 nitrogen and oxygen atoms in total. The quantitative estimate of drug-likeness (QED) is 0.421. The van der Waals surface area contributed by atoms with Crippen LogP contribution in [0, 0.1) is 5.92 Å². The predicted molar refractivity (Wildman–Crippen MR) is 118 cm³/mol. The Morgan fingerprint density at radius 3 is 2.42 bits per heavy atom. The number of H-pyrrole nitrogens is 1. The van der Waals surface area contributed by atoms with Gasteiger partial charge in [-0.3, -0.25) is 4.79 Å². The first-order valence-corrected chi connectivity index (χ1v) is 10.4. The molecule has 176 valence electrons. The number of hydrogen-bond acceptors (Lipinski definition) is 3. The summed E-state index contributed by atoms with van der Waals surface area (Å²) < 4.78 is 42.9. The first-order valence-electron chi connectivity index (χ1n) is 10.4. The van der Waals surface area contributed by atoms with E-state index in [-0.39, 0.29) is 18.0 Å². The molecule has 0 aliphatic carbocycles. The number of amides is 1. The summed E-state index contributed by atoms with van der Waals surface area (Å²) in [6.07, 6.45) is -3.43. The molecule has 3 N–H and O–H groups in total. The van der Waals surface area contributed by atoms with Crippen LogP contribution >= 0.6 is 0 Å². The summed E-state index contributed by atoms with van der Waals surface area (Å²) in [5.74, 6) is -2.00. The highest BCUT2D eigenvalue weighted by Gasteiger charge is 2.30. The zero-order valence-corrected chi connectivity index (χ0v) is 18.4. The molecule has 0 aliphatic heterocycles. The number of hydrogen-bond donors (Lipinski definition) is 3. The number of nitrogens with one attached hydrogen (secondary N) is 2. The Kier molecular flexibility index (Phi) is 7.00. The lowest BCUT2D eigenvalue weighted by Crippen LogP contribution is -2.30. The molecule has 3 aromatic rings. The Morgan fingerprint density at radius 2 is 1.79 bits per heavy atom. The number of carboxylic acid groups (broad SMARTS) is 1. The van der Waals surface area contributed by atoms with Crippen molar-refractivity contribution in [2.45, 2.75) is 32.4 Å². The van der Waals surface area contributed by atoms with Crippen LogP contribution in [-0.2, 0) is 0 Å². The first-order chi connectivity index (χ1) is 15.5. The van der Waals surface area contributed by atoms with Crippen LogP contribution in [0.25, 0.3) is 10.9 Å². The Balaban J connectivity index is 1.85. The number of halogens is 3. The summed E-state index contributed by atoms with van der Waals surface area (Å²) in [7, 11) is 1.47. The minimum absolute atomic E-state index is 0.0834. The molecule has 1 amide bonds. The SMILES string of the molecule is COc1cc(C(=O)O)ccc1C(C)c1c[nH]c2ccc(C(=O)NC[C@H](C)CC(F)(F)F)cc12. The number of methoxy groups -OCH3 is 1. The molecule has 9 heteroatoms. The van der Waals surface area contributed by atoms with Gasteiger partial charge >= 0.3 is 12.1 Å². The summed E-state index contributed by atoms with van der Waals surface area (Å²) in [6, 6.07) is 9.71. The van der Waals surface area contributed by atoms with Crippen LogP contribution in [0.3, 0.4) is 0 Å². The van der Waals surface area contributed by atoms with Crippen molar-refractivity contribution < 1.29 is 32.6 Å². The summed E-state index contributed by atoms with van der Waals surface area (Å²) in [5, 5.41) is 12.6.